The molecule has 5 rings (SSSR count). The normalized spacial score (nSPS) is 12.3. The molecule has 2 aromatic heterocycles. The van der Waals surface area contributed by atoms with Crippen molar-refractivity contribution in [3.8, 4) is 21.7 Å². The molecule has 0 spiro atoms. The summed E-state index contributed by atoms with van der Waals surface area (Å²) in [5.41, 5.74) is 6.19. The van der Waals surface area contributed by atoms with Crippen molar-refractivity contribution < 1.29 is 30.0 Å². The fourth-order valence-electron chi connectivity index (χ4n) is 6.45. The van der Waals surface area contributed by atoms with Gasteiger partial charge in [-0.1, -0.05) is 66.7 Å². The number of hydrogen-bond donors (Lipinski definition) is 1. The maximum Gasteiger partial charge on any atom is 0 e. The van der Waals surface area contributed by atoms with Gasteiger partial charge in [0.1, 0.15) is 0 Å². The van der Waals surface area contributed by atoms with Crippen LogP contribution in [0, 0.1) is 24.8 Å². The number of aliphatic hydroxyl groups excluding tert-OH is 1. The van der Waals surface area contributed by atoms with Gasteiger partial charge in [-0.3, -0.25) is 4.79 Å². The van der Waals surface area contributed by atoms with Gasteiger partial charge in [0, 0.05) is 38.0 Å². The van der Waals surface area contributed by atoms with Crippen LogP contribution in [0.5, 0.6) is 0 Å². The summed E-state index contributed by atoms with van der Waals surface area (Å²) < 4.78 is 2.80. The first-order chi connectivity index (χ1) is 23.1. The van der Waals surface area contributed by atoms with E-state index in [2.05, 4.69) is 112 Å². The summed E-state index contributed by atoms with van der Waals surface area (Å²) >= 11 is 0.00601. The zero-order chi connectivity index (χ0) is 36.1. The van der Waals surface area contributed by atoms with Gasteiger partial charge in [0.15, 0.2) is 5.78 Å². The Balaban J connectivity index is 0.000000361. The predicted octanol–water partition coefficient (Wildman–Crippen LogP) is 12.6. The Labute approximate surface area is 321 Å². The standard InChI is InChI=1S/C31H32GeNS.C13H24O2.Ir/c1-20-16-24(32(5,6)7)12-13-25(20)28-19-22-14-15-33-29(30(22)34-28)23-17-21-10-8-9-11-26(21)27(18-23)31(2,3)4;1-5-10(6-2)12(14)9-13(15)11(7-3)8-4;/h8-16,18-19H,1-7H3;9-11,14H,5-8H2,1-4H3;/q-1;;/b;12-9-;. The number of rotatable bonds is 10. The van der Waals surface area contributed by atoms with Crippen molar-refractivity contribution in [2.24, 2.45) is 11.8 Å². The van der Waals surface area contributed by atoms with Gasteiger partial charge in [0.2, 0.25) is 0 Å². The monoisotopic (exact) mass is 929 g/mol. The van der Waals surface area contributed by atoms with Crippen LogP contribution in [0.4, 0.5) is 0 Å². The van der Waals surface area contributed by atoms with E-state index >= 15 is 0 Å². The number of benzene rings is 3. The number of hydrogen-bond acceptors (Lipinski definition) is 4. The van der Waals surface area contributed by atoms with E-state index in [1.54, 1.807) is 4.40 Å². The van der Waals surface area contributed by atoms with Gasteiger partial charge < -0.3 is 5.11 Å². The second-order valence-corrected chi connectivity index (χ2v) is 27.1. The van der Waals surface area contributed by atoms with Crippen LogP contribution in [0.2, 0.25) is 17.3 Å². The van der Waals surface area contributed by atoms with Gasteiger partial charge >= 0.3 is 172 Å². The third kappa shape index (κ3) is 9.85. The summed E-state index contributed by atoms with van der Waals surface area (Å²) in [6.07, 6.45) is 6.85. The minimum absolute atomic E-state index is 0. The zero-order valence-electron chi connectivity index (χ0n) is 32.0. The second-order valence-electron chi connectivity index (χ2n) is 15.4. The van der Waals surface area contributed by atoms with E-state index in [-0.39, 0.29) is 48.9 Å². The average Bonchev–Trinajstić information content (AvgIpc) is 3.49. The van der Waals surface area contributed by atoms with E-state index in [0.717, 1.165) is 42.3 Å². The van der Waals surface area contributed by atoms with Crippen molar-refractivity contribution in [2.45, 2.75) is 104 Å². The third-order valence-corrected chi connectivity index (χ3v) is 15.2. The Kier molecular flexibility index (Phi) is 14.9. The molecule has 1 radical (unpaired) electrons. The Bertz CT molecular complexity index is 1940. The first-order valence-corrected chi connectivity index (χ1v) is 26.2. The van der Waals surface area contributed by atoms with Crippen LogP contribution in [-0.4, -0.2) is 29.1 Å². The molecule has 0 atom stereocenters. The van der Waals surface area contributed by atoms with Crippen LogP contribution in [0.25, 0.3) is 42.6 Å². The molecule has 1 N–H and O–H groups in total. The first-order valence-electron chi connectivity index (χ1n) is 18.0. The minimum Gasteiger partial charge on any atom is 0 e. The average molecular weight is 928 g/mol. The Morgan fingerprint density at radius 1 is 0.920 bits per heavy atom. The van der Waals surface area contributed by atoms with Crippen LogP contribution in [-0.2, 0) is 30.3 Å². The molecule has 0 fully saturated rings. The number of carbonyl (C=O) groups excluding carboxylic acids is 1. The number of thiophene rings is 1. The topological polar surface area (TPSA) is 50.2 Å². The Hall–Kier alpha value is -2.57. The minimum atomic E-state index is -1.84. The third-order valence-electron chi connectivity index (χ3n) is 9.71. The molecule has 2 heterocycles. The maximum absolute atomic E-state index is 11.7. The van der Waals surface area contributed by atoms with Gasteiger partial charge in [0.25, 0.3) is 0 Å². The number of pyridine rings is 1. The summed E-state index contributed by atoms with van der Waals surface area (Å²) in [6, 6.07) is 26.2. The van der Waals surface area contributed by atoms with Crippen molar-refractivity contribution >= 4 is 55.6 Å². The number of aromatic nitrogens is 1. The summed E-state index contributed by atoms with van der Waals surface area (Å²) in [4.78, 5) is 17.9. The Morgan fingerprint density at radius 3 is 2.14 bits per heavy atom. The molecule has 6 heteroatoms. The molecule has 3 aromatic carbocycles. The number of aryl methyl sites for hydroxylation is 1. The molecule has 0 unspecified atom stereocenters. The van der Waals surface area contributed by atoms with Gasteiger partial charge in [-0.05, 0) is 25.7 Å². The van der Waals surface area contributed by atoms with Gasteiger partial charge in [-0.25, -0.2) is 0 Å². The number of ketones is 1. The molecular formula is C44H56GeIrNO2S-. The number of carbonyl (C=O) groups is 1. The van der Waals surface area contributed by atoms with Crippen LogP contribution in [0.15, 0.2) is 78.7 Å². The van der Waals surface area contributed by atoms with Crippen LogP contribution in [0.1, 0.15) is 85.3 Å². The Morgan fingerprint density at radius 2 is 1.56 bits per heavy atom. The van der Waals surface area contributed by atoms with E-state index in [1.165, 1.54) is 43.1 Å². The van der Waals surface area contributed by atoms with Gasteiger partial charge in [-0.15, -0.1) is 0 Å². The van der Waals surface area contributed by atoms with Crippen molar-refractivity contribution in [1.82, 2.24) is 4.98 Å². The van der Waals surface area contributed by atoms with Crippen LogP contribution >= 0.6 is 11.3 Å². The molecule has 0 saturated heterocycles. The maximum atomic E-state index is 11.7. The molecule has 0 aliphatic heterocycles. The molecule has 50 heavy (non-hydrogen) atoms. The molecule has 0 aliphatic rings. The quantitative estimate of drug-likeness (QED) is 0.0657. The van der Waals surface area contributed by atoms with Crippen molar-refractivity contribution in [3.05, 3.63) is 95.9 Å². The predicted molar refractivity (Wildman–Crippen MR) is 217 cm³/mol. The van der Waals surface area contributed by atoms with Crippen LogP contribution < -0.4 is 4.40 Å². The summed E-state index contributed by atoms with van der Waals surface area (Å²) in [7, 11) is 0. The molecule has 0 saturated carbocycles. The zero-order valence-corrected chi connectivity index (χ0v) is 37.3. The summed E-state index contributed by atoms with van der Waals surface area (Å²) in [5.74, 6) is 7.92. The molecule has 0 aliphatic carbocycles. The number of fused-ring (bicyclic) bond motifs is 2. The number of nitrogens with zero attached hydrogens (tertiary/aromatic N) is 1. The summed E-state index contributed by atoms with van der Waals surface area (Å²) in [5, 5.41) is 13.4. The van der Waals surface area contributed by atoms with E-state index < -0.39 is 13.3 Å². The van der Waals surface area contributed by atoms with Crippen molar-refractivity contribution in [2.75, 3.05) is 0 Å². The molecule has 5 aromatic rings. The molecular weight excluding hydrogens is 871 g/mol. The second kappa shape index (κ2) is 17.8. The van der Waals surface area contributed by atoms with Gasteiger partial charge in [-0.2, -0.15) is 0 Å². The fourth-order valence-corrected chi connectivity index (χ4v) is 10.3. The van der Waals surface area contributed by atoms with Gasteiger partial charge in [0.05, 0.1) is 5.76 Å². The smallest absolute Gasteiger partial charge is 0 e. The van der Waals surface area contributed by atoms with Crippen LogP contribution in [0.3, 0.4) is 0 Å². The van der Waals surface area contributed by atoms with Crippen molar-refractivity contribution in [1.29, 1.82) is 0 Å². The van der Waals surface area contributed by atoms with E-state index in [4.69, 9.17) is 4.98 Å². The molecule has 0 amide bonds. The molecule has 3 nitrogen and oxygen atoms in total. The largest absolute Gasteiger partial charge is 0 e. The molecule has 269 valence electrons. The number of aliphatic hydroxyl groups is 1. The summed E-state index contributed by atoms with van der Waals surface area (Å²) in [6.45, 7) is 17.2. The fraction of sp³-hybridized carbons (Fsp3) is 0.409. The first kappa shape index (κ1) is 41.8. The van der Waals surface area contributed by atoms with E-state index in [9.17, 15) is 9.90 Å². The van der Waals surface area contributed by atoms with E-state index in [1.807, 2.05) is 45.2 Å². The van der Waals surface area contributed by atoms with E-state index in [0.29, 0.717) is 0 Å². The number of allylic oxidation sites excluding steroid dienone is 2. The van der Waals surface area contributed by atoms with Crippen molar-refractivity contribution in [3.63, 3.8) is 0 Å². The molecule has 0 bridgehead atoms. The SMILES string of the molecule is CCC(CC)C(=O)/C=C(\O)C(CC)CC.Cc1c[c]([Ge]([CH3])([CH3])[CH3])ccc1-c1cc2ccnc(-c3[c-]c4ccccc4c(C(C)(C)C)c3)c2s1.[Ir].